The molecule has 0 saturated heterocycles. The summed E-state index contributed by atoms with van der Waals surface area (Å²) < 4.78 is 17.4. The highest BCUT2D eigenvalue weighted by Crippen LogP contribution is 2.30. The van der Waals surface area contributed by atoms with Gasteiger partial charge in [0.1, 0.15) is 30.3 Å². The number of hydrogen-bond donors (Lipinski definition) is 2. The Labute approximate surface area is 352 Å². The van der Waals surface area contributed by atoms with E-state index >= 15 is 0 Å². The Morgan fingerprint density at radius 1 is 0.583 bits per heavy atom. The van der Waals surface area contributed by atoms with Crippen molar-refractivity contribution in [2.24, 2.45) is 0 Å². The number of Topliss-reactive ketones (excluding diaryl/α,β-unsaturated/α-hetero) is 1. The van der Waals surface area contributed by atoms with Crippen molar-refractivity contribution >= 4 is 17.6 Å². The van der Waals surface area contributed by atoms with Gasteiger partial charge in [0.25, 0.3) is 0 Å². The molecular weight excluding hydrogens is 749 g/mol. The number of amides is 1. The number of carbonyl (C=O) groups excluding carboxylic acids is 2. The fourth-order valence-corrected chi connectivity index (χ4v) is 6.31. The van der Waals surface area contributed by atoms with Crippen LogP contribution in [-0.4, -0.2) is 33.5 Å². The highest BCUT2D eigenvalue weighted by Gasteiger charge is 2.26. The molecule has 0 unspecified atom stereocenters. The van der Waals surface area contributed by atoms with Crippen LogP contribution in [0.2, 0.25) is 0 Å². The number of hydrogen-bond acceptors (Lipinski definition) is 8. The van der Waals surface area contributed by atoms with Gasteiger partial charge in [-0.3, -0.25) is 14.8 Å². The average molecular weight is 799 g/mol. The summed E-state index contributed by atoms with van der Waals surface area (Å²) in [6, 6.07) is 48.2. The van der Waals surface area contributed by atoms with Crippen LogP contribution in [0.4, 0.5) is 10.5 Å². The molecule has 0 saturated carbocycles. The number of aromatic nitrogens is 2. The fourth-order valence-electron chi connectivity index (χ4n) is 6.31. The molecule has 3 N–H and O–H groups in total. The number of nitrogens with zero attached hydrogens (tertiary/aromatic N) is 2. The van der Waals surface area contributed by atoms with Gasteiger partial charge in [-0.05, 0) is 115 Å². The summed E-state index contributed by atoms with van der Waals surface area (Å²) in [5.41, 5.74) is 14.0. The first-order valence-corrected chi connectivity index (χ1v) is 19.8. The number of ether oxygens (including phenoxy) is 3. The Hall–Kier alpha value is -7.26. The van der Waals surface area contributed by atoms with E-state index in [-0.39, 0.29) is 12.2 Å². The largest absolute Gasteiger partial charge is 0.489 e. The zero-order valence-electron chi connectivity index (χ0n) is 34.2. The normalized spacial score (nSPS) is 11.3. The molecule has 7 rings (SSSR count). The second-order valence-electron chi connectivity index (χ2n) is 15.1. The monoisotopic (exact) mass is 798 g/mol. The van der Waals surface area contributed by atoms with Crippen molar-refractivity contribution in [1.82, 2.24) is 15.3 Å². The summed E-state index contributed by atoms with van der Waals surface area (Å²) in [6.45, 7) is 6.27. The SMILES string of the molecule is CC(C)(C)OC(=O)N[C@@H](Cc1ccccc1)C(=O)Cc1cc(-c2ccncc2)ccc1OCc1ccccc1.Nc1cc(-c2ccncc2)ccc1OCc1ccccc1. The van der Waals surface area contributed by atoms with Crippen LogP contribution < -0.4 is 20.5 Å². The standard InChI is InChI=1S/C33H34N2O4.C18H16N2O/c1-33(2,3)39-32(37)35-29(20-24-10-6-4-7-11-24)30(36)22-28-21-27(26-16-18-34-19-17-26)14-15-31(28)38-23-25-12-8-5-9-13-25;19-17-12-16(15-8-10-20-11-9-15)6-7-18(17)21-13-14-4-2-1-3-5-14/h4-19,21,29H,20,22-23H2,1-3H3,(H,35,37);1-12H,13,19H2/t29-;/m0./s1. The van der Waals surface area contributed by atoms with Crippen molar-refractivity contribution in [3.05, 3.63) is 199 Å². The van der Waals surface area contributed by atoms with Crippen molar-refractivity contribution in [3.8, 4) is 33.8 Å². The molecule has 1 atom stereocenters. The van der Waals surface area contributed by atoms with Crippen molar-refractivity contribution < 1.29 is 23.8 Å². The Morgan fingerprint density at radius 3 is 1.55 bits per heavy atom. The highest BCUT2D eigenvalue weighted by molar-refractivity contribution is 5.90. The Kier molecular flexibility index (Phi) is 14.8. The summed E-state index contributed by atoms with van der Waals surface area (Å²) in [5.74, 6) is 1.19. The zero-order chi connectivity index (χ0) is 42.2. The number of carbonyl (C=O) groups is 2. The van der Waals surface area contributed by atoms with Gasteiger partial charge in [-0.1, -0.05) is 103 Å². The lowest BCUT2D eigenvalue weighted by Crippen LogP contribution is -2.45. The molecule has 0 aliphatic carbocycles. The number of pyridine rings is 2. The molecule has 0 spiro atoms. The summed E-state index contributed by atoms with van der Waals surface area (Å²) >= 11 is 0. The van der Waals surface area contributed by atoms with Crippen molar-refractivity contribution in [2.75, 3.05) is 5.73 Å². The van der Waals surface area contributed by atoms with E-state index in [1.807, 2.05) is 152 Å². The number of anilines is 1. The second kappa shape index (κ2) is 20.9. The summed E-state index contributed by atoms with van der Waals surface area (Å²) in [6.07, 6.45) is 6.82. The van der Waals surface area contributed by atoms with Crippen molar-refractivity contribution in [3.63, 3.8) is 0 Å². The van der Waals surface area contributed by atoms with Gasteiger partial charge >= 0.3 is 6.09 Å². The fraction of sp³-hybridized carbons (Fsp3) is 0.176. The van der Waals surface area contributed by atoms with Crippen LogP contribution >= 0.6 is 0 Å². The number of nitrogen functional groups attached to an aromatic ring is 1. The molecule has 0 radical (unpaired) electrons. The van der Waals surface area contributed by atoms with Gasteiger partial charge in [0, 0.05) is 36.8 Å². The highest BCUT2D eigenvalue weighted by atomic mass is 16.6. The predicted molar refractivity (Wildman–Crippen MR) is 237 cm³/mol. The van der Waals surface area contributed by atoms with E-state index in [1.165, 1.54) is 0 Å². The molecule has 0 aliphatic rings. The number of nitrogens with two attached hydrogens (primary N) is 1. The van der Waals surface area contributed by atoms with Crippen LogP contribution in [0.25, 0.3) is 22.3 Å². The molecule has 60 heavy (non-hydrogen) atoms. The second-order valence-corrected chi connectivity index (χ2v) is 15.1. The molecule has 2 aromatic heterocycles. The molecule has 7 aromatic rings. The molecule has 1 amide bonds. The van der Waals surface area contributed by atoms with Gasteiger partial charge in [-0.15, -0.1) is 0 Å². The lowest BCUT2D eigenvalue weighted by Gasteiger charge is -2.23. The number of nitrogens with one attached hydrogen (secondary N) is 1. The Morgan fingerprint density at radius 2 is 1.05 bits per heavy atom. The minimum atomic E-state index is -0.770. The first kappa shape index (κ1) is 42.3. The molecular formula is C51H50N4O5. The maximum Gasteiger partial charge on any atom is 0.408 e. The average Bonchev–Trinajstić information content (AvgIpc) is 3.26. The number of alkyl carbamates (subject to hydrolysis) is 1. The van der Waals surface area contributed by atoms with Crippen LogP contribution in [-0.2, 0) is 35.6 Å². The van der Waals surface area contributed by atoms with Gasteiger partial charge in [-0.2, -0.15) is 0 Å². The van der Waals surface area contributed by atoms with Crippen LogP contribution in [0, 0.1) is 0 Å². The number of benzene rings is 5. The van der Waals surface area contributed by atoms with Gasteiger partial charge in [-0.25, -0.2) is 4.79 Å². The maximum atomic E-state index is 13.8. The summed E-state index contributed by atoms with van der Waals surface area (Å²) in [7, 11) is 0. The molecule has 5 aromatic carbocycles. The topological polar surface area (TPSA) is 126 Å². The molecule has 9 nitrogen and oxygen atoms in total. The molecule has 0 fully saturated rings. The van der Waals surface area contributed by atoms with E-state index in [0.29, 0.717) is 36.8 Å². The number of rotatable bonds is 14. The van der Waals surface area contributed by atoms with E-state index in [4.69, 9.17) is 19.9 Å². The molecule has 9 heteroatoms. The Bertz CT molecular complexity index is 2410. The van der Waals surface area contributed by atoms with Gasteiger partial charge in [0.15, 0.2) is 5.78 Å². The van der Waals surface area contributed by atoms with E-state index in [9.17, 15) is 9.59 Å². The third-order valence-electron chi connectivity index (χ3n) is 9.30. The molecule has 304 valence electrons. The van der Waals surface area contributed by atoms with Gasteiger partial charge < -0.3 is 25.3 Å². The van der Waals surface area contributed by atoms with Gasteiger partial charge in [0.2, 0.25) is 0 Å². The van der Waals surface area contributed by atoms with Crippen molar-refractivity contribution in [2.45, 2.75) is 58.5 Å². The van der Waals surface area contributed by atoms with Gasteiger partial charge in [0.05, 0.1) is 11.7 Å². The summed E-state index contributed by atoms with van der Waals surface area (Å²) in [4.78, 5) is 34.5. The van der Waals surface area contributed by atoms with Crippen LogP contribution in [0.15, 0.2) is 176 Å². The smallest absolute Gasteiger partial charge is 0.408 e. The van der Waals surface area contributed by atoms with E-state index in [2.05, 4.69) is 15.3 Å². The van der Waals surface area contributed by atoms with Crippen molar-refractivity contribution in [1.29, 1.82) is 0 Å². The van der Waals surface area contributed by atoms with Crippen LogP contribution in [0.5, 0.6) is 11.5 Å². The number of ketones is 1. The van der Waals surface area contributed by atoms with Crippen LogP contribution in [0.1, 0.15) is 43.0 Å². The van der Waals surface area contributed by atoms with E-state index < -0.39 is 17.7 Å². The van der Waals surface area contributed by atoms with Crippen LogP contribution in [0.3, 0.4) is 0 Å². The minimum absolute atomic E-state index is 0.0797. The van der Waals surface area contributed by atoms with E-state index in [0.717, 1.165) is 44.5 Å². The molecule has 2 heterocycles. The molecule has 0 bridgehead atoms. The quantitative estimate of drug-likeness (QED) is 0.104. The third kappa shape index (κ3) is 13.1. The van der Waals surface area contributed by atoms with E-state index in [1.54, 1.807) is 45.6 Å². The first-order chi connectivity index (χ1) is 29.1. The summed E-state index contributed by atoms with van der Waals surface area (Å²) in [5, 5.41) is 2.81. The third-order valence-corrected chi connectivity index (χ3v) is 9.30. The predicted octanol–water partition coefficient (Wildman–Crippen LogP) is 10.5. The lowest BCUT2D eigenvalue weighted by molar-refractivity contribution is -0.120. The minimum Gasteiger partial charge on any atom is -0.489 e. The maximum absolute atomic E-state index is 13.8. The molecule has 0 aliphatic heterocycles. The zero-order valence-corrected chi connectivity index (χ0v) is 34.2. The Balaban J connectivity index is 0.000000240. The first-order valence-electron chi connectivity index (χ1n) is 19.8. The lowest BCUT2D eigenvalue weighted by atomic mass is 9.95.